The van der Waals surface area contributed by atoms with Gasteiger partial charge in [0, 0.05) is 0 Å². The third kappa shape index (κ3) is 4.56. The molecule has 0 aliphatic heterocycles. The van der Waals surface area contributed by atoms with Crippen LogP contribution in [-0.2, 0) is 20.6 Å². The van der Waals surface area contributed by atoms with E-state index in [0.29, 0.717) is 0 Å². The summed E-state index contributed by atoms with van der Waals surface area (Å²) >= 11 is -2.01. The van der Waals surface area contributed by atoms with Crippen molar-refractivity contribution in [1.82, 2.24) is 0 Å². The Balaban J connectivity index is 0.00000171. The summed E-state index contributed by atoms with van der Waals surface area (Å²) in [6.45, 7) is 17.3. The van der Waals surface area contributed by atoms with Crippen molar-refractivity contribution in [3.63, 3.8) is 0 Å². The molecule has 2 aromatic carbocycles. The van der Waals surface area contributed by atoms with Gasteiger partial charge >= 0.3 is 186 Å². The van der Waals surface area contributed by atoms with Crippen LogP contribution in [0.3, 0.4) is 0 Å². The molecule has 0 radical (unpaired) electrons. The Morgan fingerprint density at radius 3 is 1.84 bits per heavy atom. The first kappa shape index (κ1) is 26.6. The van der Waals surface area contributed by atoms with E-state index in [0.717, 1.165) is 7.35 Å². The van der Waals surface area contributed by atoms with Crippen molar-refractivity contribution in [2.75, 3.05) is 0 Å². The zero-order valence-corrected chi connectivity index (χ0v) is 25.9. The average molecular weight is 635 g/mol. The number of halogens is 2. The molecule has 2 aliphatic carbocycles. The molecule has 31 heavy (non-hydrogen) atoms. The molecular weight excluding hydrogens is 602 g/mol. The zero-order valence-electron chi connectivity index (χ0n) is 19.7. The summed E-state index contributed by atoms with van der Waals surface area (Å²) in [5, 5.41) is 0. The minimum atomic E-state index is -2.01. The van der Waals surface area contributed by atoms with E-state index < -0.39 is 26.6 Å². The van der Waals surface area contributed by atoms with Gasteiger partial charge in [-0.15, -0.1) is 0 Å². The molecule has 4 heteroatoms. The fourth-order valence-corrected chi connectivity index (χ4v) is 39.7. The maximum absolute atomic E-state index is 2.65. The van der Waals surface area contributed by atoms with Crippen LogP contribution in [0.4, 0.5) is 0 Å². The maximum Gasteiger partial charge on any atom is -1.00 e. The molecule has 0 spiro atoms. The second-order valence-corrected chi connectivity index (χ2v) is 37.2. The largest absolute Gasteiger partial charge is 1.00 e. The third-order valence-electron chi connectivity index (χ3n) is 7.31. The summed E-state index contributed by atoms with van der Waals surface area (Å²) in [6.07, 6.45) is 2.54. The summed E-state index contributed by atoms with van der Waals surface area (Å²) in [5.41, 5.74) is 14.2. The van der Waals surface area contributed by atoms with E-state index >= 15 is 0 Å². The van der Waals surface area contributed by atoms with Crippen molar-refractivity contribution in [2.24, 2.45) is 0 Å². The standard InChI is InChI=1S/C16H13.C9H13.C2H7Si.2ClH.Hf/c1-12-10-14-8-5-9-15(16(14)11-12)13-6-3-2-4-7-13;1-6-5-7(2)9(4)8(6)3;1-3-2;;;/h2-11H,1H3;5H,1-4H3;3H,1-2H3;2*1H;/q;;;;;+2/p-2. The molecule has 1 atom stereocenters. The monoisotopic (exact) mass is 635 g/mol. The molecule has 0 heterocycles. The van der Waals surface area contributed by atoms with Gasteiger partial charge in [-0.2, -0.15) is 0 Å². The fraction of sp³-hybridized carbons (Fsp3) is 0.333. The third-order valence-corrected chi connectivity index (χ3v) is 39.1. The molecule has 0 saturated heterocycles. The molecule has 4 rings (SSSR count). The van der Waals surface area contributed by atoms with Gasteiger partial charge in [0.25, 0.3) is 0 Å². The molecule has 2 aliphatic rings. The Bertz CT molecular complexity index is 1030. The van der Waals surface area contributed by atoms with Gasteiger partial charge in [-0.05, 0) is 0 Å². The van der Waals surface area contributed by atoms with Gasteiger partial charge in [0.2, 0.25) is 0 Å². The van der Waals surface area contributed by atoms with Gasteiger partial charge in [0.1, 0.15) is 0 Å². The molecular formula is C27H33Cl2HfSi. The van der Waals surface area contributed by atoms with Crippen LogP contribution in [0, 0.1) is 0 Å². The predicted molar refractivity (Wildman–Crippen MR) is 128 cm³/mol. The molecule has 0 saturated carbocycles. The Morgan fingerprint density at radius 2 is 1.29 bits per heavy atom. The Labute approximate surface area is 209 Å². The summed E-state index contributed by atoms with van der Waals surface area (Å²) in [7, 11) is 0. The molecule has 0 N–H and O–H groups in total. The van der Waals surface area contributed by atoms with E-state index in [1.54, 1.807) is 33.4 Å². The van der Waals surface area contributed by atoms with Crippen LogP contribution in [0.25, 0.3) is 17.2 Å². The van der Waals surface area contributed by atoms with E-state index in [-0.39, 0.29) is 24.8 Å². The summed E-state index contributed by atoms with van der Waals surface area (Å²) in [6, 6.07) is 18.0. The van der Waals surface area contributed by atoms with Gasteiger partial charge in [-0.25, -0.2) is 0 Å². The van der Waals surface area contributed by atoms with Crippen LogP contribution in [0.1, 0.15) is 49.4 Å². The molecule has 1 unspecified atom stereocenters. The van der Waals surface area contributed by atoms with Crippen LogP contribution in [0.5, 0.6) is 0 Å². The predicted octanol–water partition coefficient (Wildman–Crippen LogP) is 1.90. The molecule has 0 aromatic heterocycles. The first-order chi connectivity index (χ1) is 13.8. The summed E-state index contributed by atoms with van der Waals surface area (Å²) < 4.78 is 1.59. The van der Waals surface area contributed by atoms with Crippen molar-refractivity contribution in [3.8, 4) is 11.1 Å². The van der Waals surface area contributed by atoms with E-state index in [9.17, 15) is 0 Å². The Kier molecular flexibility index (Phi) is 9.01. The van der Waals surface area contributed by atoms with E-state index in [4.69, 9.17) is 0 Å². The van der Waals surface area contributed by atoms with Gasteiger partial charge < -0.3 is 24.8 Å². The SMILES string of the molecule is CC1=Cc2c(-c3ccccc3)cccc2[CH]1[Hf+2]([CH]1C(C)=C(C)C(C)=C1C)[SiH](C)C.[Cl-].[Cl-]. The first-order valence-corrected chi connectivity index (χ1v) is 24.2. The minimum absolute atomic E-state index is 0. The molecule has 0 amide bonds. The van der Waals surface area contributed by atoms with Crippen molar-refractivity contribution >= 4 is 12.1 Å². The Hall–Kier alpha value is -0.673. The molecule has 163 valence electrons. The average Bonchev–Trinajstić information content (AvgIpc) is 3.13. The quantitative estimate of drug-likeness (QED) is 0.451. The first-order valence-electron chi connectivity index (χ1n) is 10.9. The maximum atomic E-state index is 2.65. The number of fused-ring (bicyclic) bond motifs is 1. The van der Waals surface area contributed by atoms with Gasteiger partial charge in [-0.3, -0.25) is 0 Å². The number of rotatable bonds is 4. The van der Waals surface area contributed by atoms with Gasteiger partial charge in [0.15, 0.2) is 0 Å². The van der Waals surface area contributed by atoms with E-state index in [1.165, 1.54) is 16.7 Å². The van der Waals surface area contributed by atoms with Gasteiger partial charge in [0.05, 0.1) is 0 Å². The van der Waals surface area contributed by atoms with Crippen molar-refractivity contribution in [3.05, 3.63) is 87.5 Å². The molecule has 0 fully saturated rings. The molecule has 0 nitrogen and oxygen atoms in total. The normalized spacial score (nSPS) is 18.1. The summed E-state index contributed by atoms with van der Waals surface area (Å²) in [5.74, 6) is -0.706. The van der Waals surface area contributed by atoms with Crippen molar-refractivity contribution in [2.45, 2.75) is 55.1 Å². The number of hydrogen-bond donors (Lipinski definition) is 0. The van der Waals surface area contributed by atoms with Crippen LogP contribution in [-0.4, -0.2) is 5.98 Å². The smallest absolute Gasteiger partial charge is 1.00 e. The molecule has 2 aromatic rings. The van der Waals surface area contributed by atoms with Crippen molar-refractivity contribution in [1.29, 1.82) is 0 Å². The van der Waals surface area contributed by atoms with Crippen LogP contribution in [0.2, 0.25) is 16.8 Å². The number of allylic oxidation sites excluding steroid dienone is 5. The zero-order chi connectivity index (χ0) is 20.9. The summed E-state index contributed by atoms with van der Waals surface area (Å²) in [4.78, 5) is 0. The minimum Gasteiger partial charge on any atom is -1.00 e. The Morgan fingerprint density at radius 1 is 0.710 bits per heavy atom. The van der Waals surface area contributed by atoms with E-state index in [2.05, 4.69) is 102 Å². The van der Waals surface area contributed by atoms with Crippen LogP contribution >= 0.6 is 0 Å². The van der Waals surface area contributed by atoms with Crippen LogP contribution in [0.15, 0.2) is 76.4 Å². The number of benzene rings is 2. The topological polar surface area (TPSA) is 0 Å². The number of hydrogen-bond acceptors (Lipinski definition) is 0. The fourth-order valence-electron chi connectivity index (χ4n) is 5.55. The second kappa shape index (κ2) is 10.5. The van der Waals surface area contributed by atoms with E-state index in [1.807, 2.05) is 0 Å². The van der Waals surface area contributed by atoms with Gasteiger partial charge in [-0.1, -0.05) is 0 Å². The van der Waals surface area contributed by atoms with Crippen molar-refractivity contribution < 1.29 is 45.4 Å². The second-order valence-electron chi connectivity index (χ2n) is 9.20. The van der Waals surface area contributed by atoms with Crippen LogP contribution < -0.4 is 24.8 Å². The molecule has 0 bridgehead atoms.